The van der Waals surface area contributed by atoms with Crippen molar-refractivity contribution >= 4 is 34.7 Å². The lowest BCUT2D eigenvalue weighted by Crippen LogP contribution is -2.04. The Hall–Kier alpha value is -1.98. The molecule has 0 atom stereocenters. The van der Waals surface area contributed by atoms with Gasteiger partial charge in [0, 0.05) is 16.8 Å². The standard InChI is InChI=1S/C14H10ClN3OS/c1-9-3-2-8-18-12(9)16-14(20-18)17-13(19)10-4-6-11(15)7-5-10/h2-8H,1H3. The molecule has 0 saturated heterocycles. The van der Waals surface area contributed by atoms with Gasteiger partial charge in [0.15, 0.2) is 5.65 Å². The molecule has 0 bridgehead atoms. The fourth-order valence-corrected chi connectivity index (χ4v) is 2.74. The molecule has 0 fully saturated rings. The fourth-order valence-electron chi connectivity index (χ4n) is 1.78. The number of carbonyl (C=O) groups is 1. The molecular weight excluding hydrogens is 294 g/mol. The lowest BCUT2D eigenvalue weighted by atomic mass is 10.2. The Morgan fingerprint density at radius 2 is 2.05 bits per heavy atom. The summed E-state index contributed by atoms with van der Waals surface area (Å²) in [5.41, 5.74) is 2.36. The van der Waals surface area contributed by atoms with E-state index in [9.17, 15) is 4.79 Å². The van der Waals surface area contributed by atoms with Crippen LogP contribution < -0.4 is 4.80 Å². The average Bonchev–Trinajstić information content (AvgIpc) is 2.83. The highest BCUT2D eigenvalue weighted by Crippen LogP contribution is 2.11. The number of carbonyl (C=O) groups excluding carboxylic acids is 1. The maximum atomic E-state index is 12.0. The van der Waals surface area contributed by atoms with E-state index in [0.717, 1.165) is 11.2 Å². The summed E-state index contributed by atoms with van der Waals surface area (Å²) in [6.45, 7) is 1.97. The van der Waals surface area contributed by atoms with Gasteiger partial charge in [-0.05, 0) is 54.4 Å². The zero-order valence-electron chi connectivity index (χ0n) is 10.6. The predicted molar refractivity (Wildman–Crippen MR) is 79.2 cm³/mol. The van der Waals surface area contributed by atoms with Crippen molar-refractivity contribution in [3.05, 3.63) is 63.5 Å². The van der Waals surface area contributed by atoms with Crippen LogP contribution in [0.15, 0.2) is 47.6 Å². The smallest absolute Gasteiger partial charge is 0.267 e. The SMILES string of the molecule is Cc1cccn2sc(=NC(=O)c3ccc(Cl)cc3)nc12. The van der Waals surface area contributed by atoms with Gasteiger partial charge in [-0.25, -0.2) is 0 Å². The number of halogens is 1. The number of aryl methyl sites for hydroxylation is 1. The quantitative estimate of drug-likeness (QED) is 0.693. The van der Waals surface area contributed by atoms with Crippen molar-refractivity contribution < 1.29 is 4.79 Å². The molecule has 20 heavy (non-hydrogen) atoms. The molecule has 4 nitrogen and oxygen atoms in total. The third kappa shape index (κ3) is 2.50. The molecule has 0 spiro atoms. The van der Waals surface area contributed by atoms with Gasteiger partial charge < -0.3 is 0 Å². The highest BCUT2D eigenvalue weighted by atomic mass is 35.5. The van der Waals surface area contributed by atoms with Crippen LogP contribution in [0.25, 0.3) is 5.65 Å². The molecule has 100 valence electrons. The van der Waals surface area contributed by atoms with E-state index in [1.165, 1.54) is 11.5 Å². The first-order valence-electron chi connectivity index (χ1n) is 5.93. The maximum absolute atomic E-state index is 12.0. The van der Waals surface area contributed by atoms with E-state index in [-0.39, 0.29) is 5.91 Å². The molecule has 0 aliphatic rings. The Bertz CT molecular complexity index is 849. The number of benzene rings is 1. The van der Waals surface area contributed by atoms with Crippen LogP contribution in [0.5, 0.6) is 0 Å². The van der Waals surface area contributed by atoms with E-state index < -0.39 is 0 Å². The molecule has 0 aliphatic carbocycles. The first-order valence-corrected chi connectivity index (χ1v) is 7.08. The number of rotatable bonds is 1. The number of pyridine rings is 1. The molecule has 3 rings (SSSR count). The van der Waals surface area contributed by atoms with Gasteiger partial charge in [-0.2, -0.15) is 9.98 Å². The van der Waals surface area contributed by atoms with Crippen molar-refractivity contribution in [3.63, 3.8) is 0 Å². The number of nitrogens with zero attached hydrogens (tertiary/aromatic N) is 3. The Morgan fingerprint density at radius 3 is 2.75 bits per heavy atom. The molecular formula is C14H10ClN3OS. The fraction of sp³-hybridized carbons (Fsp3) is 0.0714. The van der Waals surface area contributed by atoms with Gasteiger partial charge in [-0.3, -0.25) is 8.58 Å². The predicted octanol–water partition coefficient (Wildman–Crippen LogP) is 3.10. The number of hydrogen-bond acceptors (Lipinski definition) is 3. The third-order valence-corrected chi connectivity index (χ3v) is 3.89. The molecule has 3 aromatic rings. The second kappa shape index (κ2) is 5.19. The van der Waals surface area contributed by atoms with Gasteiger partial charge in [-0.15, -0.1) is 0 Å². The van der Waals surface area contributed by atoms with Crippen molar-refractivity contribution in [1.82, 2.24) is 8.77 Å². The minimum atomic E-state index is -0.320. The Morgan fingerprint density at radius 1 is 1.30 bits per heavy atom. The van der Waals surface area contributed by atoms with Gasteiger partial charge >= 0.3 is 0 Å². The largest absolute Gasteiger partial charge is 0.279 e. The van der Waals surface area contributed by atoms with Crippen molar-refractivity contribution in [1.29, 1.82) is 0 Å². The van der Waals surface area contributed by atoms with Crippen LogP contribution in [0, 0.1) is 6.92 Å². The van der Waals surface area contributed by atoms with E-state index >= 15 is 0 Å². The minimum absolute atomic E-state index is 0.320. The maximum Gasteiger partial charge on any atom is 0.279 e. The summed E-state index contributed by atoms with van der Waals surface area (Å²) in [7, 11) is 0. The average molecular weight is 304 g/mol. The lowest BCUT2D eigenvalue weighted by molar-refractivity contribution is 0.0998. The molecule has 0 saturated carbocycles. The molecule has 6 heteroatoms. The van der Waals surface area contributed by atoms with Crippen LogP contribution in [0.3, 0.4) is 0 Å². The normalized spacial score (nSPS) is 12.0. The Kier molecular flexibility index (Phi) is 3.38. The Balaban J connectivity index is 2.03. The van der Waals surface area contributed by atoms with Crippen LogP contribution in [0.1, 0.15) is 15.9 Å². The van der Waals surface area contributed by atoms with E-state index in [4.69, 9.17) is 11.6 Å². The second-order valence-corrected chi connectivity index (χ2v) is 5.63. The van der Waals surface area contributed by atoms with E-state index in [2.05, 4.69) is 9.98 Å². The third-order valence-electron chi connectivity index (χ3n) is 2.80. The van der Waals surface area contributed by atoms with Crippen LogP contribution in [-0.2, 0) is 0 Å². The Labute approximate surface area is 124 Å². The summed E-state index contributed by atoms with van der Waals surface area (Å²) >= 11 is 7.12. The number of amides is 1. The van der Waals surface area contributed by atoms with E-state index in [1.807, 2.05) is 29.0 Å². The molecule has 0 N–H and O–H groups in total. The van der Waals surface area contributed by atoms with E-state index in [0.29, 0.717) is 15.4 Å². The molecule has 1 aromatic carbocycles. The number of aromatic nitrogens is 2. The van der Waals surface area contributed by atoms with Gasteiger partial charge in [0.2, 0.25) is 4.80 Å². The van der Waals surface area contributed by atoms with Gasteiger partial charge in [-0.1, -0.05) is 17.7 Å². The second-order valence-electron chi connectivity index (χ2n) is 4.25. The summed E-state index contributed by atoms with van der Waals surface area (Å²) < 4.78 is 1.89. The zero-order chi connectivity index (χ0) is 14.1. The molecule has 2 heterocycles. The first kappa shape index (κ1) is 13.0. The van der Waals surface area contributed by atoms with Crippen molar-refractivity contribution in [2.45, 2.75) is 6.92 Å². The molecule has 1 amide bonds. The van der Waals surface area contributed by atoms with Crippen LogP contribution in [-0.4, -0.2) is 14.7 Å². The molecule has 2 aromatic heterocycles. The zero-order valence-corrected chi connectivity index (χ0v) is 12.1. The highest BCUT2D eigenvalue weighted by molar-refractivity contribution is 7.03. The van der Waals surface area contributed by atoms with Crippen molar-refractivity contribution in [3.8, 4) is 0 Å². The molecule has 0 radical (unpaired) electrons. The van der Waals surface area contributed by atoms with Crippen molar-refractivity contribution in [2.75, 3.05) is 0 Å². The number of hydrogen-bond donors (Lipinski definition) is 0. The lowest BCUT2D eigenvalue weighted by Gasteiger charge is -1.93. The molecule has 0 unspecified atom stereocenters. The van der Waals surface area contributed by atoms with E-state index in [1.54, 1.807) is 24.3 Å². The van der Waals surface area contributed by atoms with Crippen LogP contribution in [0.2, 0.25) is 5.02 Å². The topological polar surface area (TPSA) is 46.7 Å². The highest BCUT2D eigenvalue weighted by Gasteiger charge is 2.05. The van der Waals surface area contributed by atoms with Gasteiger partial charge in [0.05, 0.1) is 0 Å². The monoisotopic (exact) mass is 303 g/mol. The molecule has 0 aliphatic heterocycles. The summed E-state index contributed by atoms with van der Waals surface area (Å²) in [5, 5.41) is 0.590. The summed E-state index contributed by atoms with van der Waals surface area (Å²) in [4.78, 5) is 20.9. The van der Waals surface area contributed by atoms with Crippen LogP contribution in [0.4, 0.5) is 0 Å². The van der Waals surface area contributed by atoms with Crippen molar-refractivity contribution in [2.24, 2.45) is 4.99 Å². The summed E-state index contributed by atoms with van der Waals surface area (Å²) in [6, 6.07) is 10.5. The summed E-state index contributed by atoms with van der Waals surface area (Å²) in [5.74, 6) is -0.320. The summed E-state index contributed by atoms with van der Waals surface area (Å²) in [6.07, 6.45) is 1.89. The first-order chi connectivity index (χ1) is 9.63. The van der Waals surface area contributed by atoms with Gasteiger partial charge in [0.1, 0.15) is 0 Å². The van der Waals surface area contributed by atoms with Gasteiger partial charge in [0.25, 0.3) is 5.91 Å². The minimum Gasteiger partial charge on any atom is -0.267 e. The van der Waals surface area contributed by atoms with Crippen LogP contribution >= 0.6 is 23.1 Å². The number of fused-ring (bicyclic) bond motifs is 1.